The quantitative estimate of drug-likeness (QED) is 0.727. The van der Waals surface area contributed by atoms with Gasteiger partial charge >= 0.3 is 0 Å². The second-order valence-corrected chi connectivity index (χ2v) is 7.96. The van der Waals surface area contributed by atoms with Crippen molar-refractivity contribution in [3.05, 3.63) is 0 Å². The van der Waals surface area contributed by atoms with Gasteiger partial charge < -0.3 is 10.2 Å². The van der Waals surface area contributed by atoms with Gasteiger partial charge in [0.2, 0.25) is 11.8 Å². The summed E-state index contributed by atoms with van der Waals surface area (Å²) in [6.45, 7) is 5.81. The van der Waals surface area contributed by atoms with Crippen LogP contribution in [0.3, 0.4) is 0 Å². The van der Waals surface area contributed by atoms with E-state index >= 15 is 0 Å². The molecular weight excluding hydrogens is 280 g/mol. The molecule has 6 nitrogen and oxygen atoms in total. The lowest BCUT2D eigenvalue weighted by Gasteiger charge is -2.33. The number of hydrogen-bond donors (Lipinski definition) is 1. The minimum atomic E-state index is -3.14. The Labute approximate surface area is 120 Å². The Bertz CT molecular complexity index is 459. The molecule has 1 unspecified atom stereocenters. The van der Waals surface area contributed by atoms with Crippen molar-refractivity contribution in [1.82, 2.24) is 10.2 Å². The van der Waals surface area contributed by atoms with E-state index in [2.05, 4.69) is 5.32 Å². The minimum absolute atomic E-state index is 0.0466. The van der Waals surface area contributed by atoms with Gasteiger partial charge in [-0.25, -0.2) is 8.42 Å². The predicted molar refractivity (Wildman–Crippen MR) is 76.9 cm³/mol. The Kier molecular flexibility index (Phi) is 5.98. The van der Waals surface area contributed by atoms with Crippen LogP contribution < -0.4 is 5.32 Å². The van der Waals surface area contributed by atoms with Crippen LogP contribution in [0.4, 0.5) is 0 Å². The lowest BCUT2D eigenvalue weighted by Crippen LogP contribution is -2.59. The molecule has 116 valence electrons. The zero-order valence-corrected chi connectivity index (χ0v) is 13.2. The molecule has 0 radical (unpaired) electrons. The van der Waals surface area contributed by atoms with Gasteiger partial charge in [0.25, 0.3) is 0 Å². The number of nitrogens with zero attached hydrogens (tertiary/aromatic N) is 1. The van der Waals surface area contributed by atoms with E-state index in [0.29, 0.717) is 12.8 Å². The van der Waals surface area contributed by atoms with Crippen LogP contribution in [0.15, 0.2) is 0 Å². The van der Waals surface area contributed by atoms with Crippen LogP contribution in [0.2, 0.25) is 0 Å². The molecule has 20 heavy (non-hydrogen) atoms. The Balaban J connectivity index is 2.64. The molecule has 1 aliphatic rings. The molecule has 1 atom stereocenters. The number of piperazine rings is 1. The van der Waals surface area contributed by atoms with Crippen molar-refractivity contribution in [3.63, 3.8) is 0 Å². The van der Waals surface area contributed by atoms with Crippen molar-refractivity contribution in [3.8, 4) is 0 Å². The van der Waals surface area contributed by atoms with Crippen molar-refractivity contribution in [2.45, 2.75) is 39.7 Å². The van der Waals surface area contributed by atoms with Gasteiger partial charge in [-0.3, -0.25) is 9.59 Å². The first-order chi connectivity index (χ1) is 9.25. The summed E-state index contributed by atoms with van der Waals surface area (Å²) < 4.78 is 23.4. The van der Waals surface area contributed by atoms with Crippen LogP contribution in [0.5, 0.6) is 0 Å². The monoisotopic (exact) mass is 304 g/mol. The normalized spacial score (nSPS) is 20.4. The summed E-state index contributed by atoms with van der Waals surface area (Å²) in [6.07, 6.45) is 1.13. The third-order valence-corrected chi connectivity index (χ3v) is 5.01. The van der Waals surface area contributed by atoms with E-state index in [0.717, 1.165) is 0 Å². The second kappa shape index (κ2) is 7.06. The van der Waals surface area contributed by atoms with E-state index in [9.17, 15) is 18.0 Å². The van der Waals surface area contributed by atoms with Gasteiger partial charge in [-0.05, 0) is 18.8 Å². The highest BCUT2D eigenvalue weighted by Crippen LogP contribution is 2.12. The van der Waals surface area contributed by atoms with Crippen molar-refractivity contribution in [2.75, 3.05) is 24.6 Å². The maximum Gasteiger partial charge on any atom is 0.245 e. The molecular formula is C13H24N2O4S. The molecule has 1 aliphatic heterocycles. The number of hydrogen-bond acceptors (Lipinski definition) is 4. The first kappa shape index (κ1) is 16.9. The summed E-state index contributed by atoms with van der Waals surface area (Å²) >= 11 is 0. The second-order valence-electron chi connectivity index (χ2n) is 5.66. The molecule has 1 fully saturated rings. The molecule has 1 N–H and O–H groups in total. The SMILES string of the molecule is CCCS(=O)(=O)CCN1CC(=O)NC(CC(C)C)C1=O. The van der Waals surface area contributed by atoms with Gasteiger partial charge in [0.1, 0.15) is 6.04 Å². The molecule has 0 bridgehead atoms. The number of rotatable bonds is 7. The first-order valence-corrected chi connectivity index (χ1v) is 8.86. The summed E-state index contributed by atoms with van der Waals surface area (Å²) in [5, 5.41) is 2.67. The molecule has 0 aromatic rings. The average Bonchev–Trinajstić information content (AvgIpc) is 2.31. The summed E-state index contributed by atoms with van der Waals surface area (Å²) in [7, 11) is -3.14. The molecule has 7 heteroatoms. The van der Waals surface area contributed by atoms with Gasteiger partial charge in [0.05, 0.1) is 12.3 Å². The lowest BCUT2D eigenvalue weighted by atomic mass is 10.0. The molecule has 1 saturated heterocycles. The van der Waals surface area contributed by atoms with Crippen molar-refractivity contribution in [1.29, 1.82) is 0 Å². The van der Waals surface area contributed by atoms with E-state index in [4.69, 9.17) is 0 Å². The molecule has 0 aromatic carbocycles. The maximum absolute atomic E-state index is 12.2. The zero-order chi connectivity index (χ0) is 15.3. The molecule has 1 rings (SSSR count). The molecule has 1 heterocycles. The van der Waals surface area contributed by atoms with Gasteiger partial charge in [-0.15, -0.1) is 0 Å². The predicted octanol–water partition coefficient (Wildman–Crippen LogP) is 0.184. The van der Waals surface area contributed by atoms with Crippen molar-refractivity contribution < 1.29 is 18.0 Å². The average molecular weight is 304 g/mol. The highest BCUT2D eigenvalue weighted by molar-refractivity contribution is 7.91. The fourth-order valence-electron chi connectivity index (χ4n) is 2.26. The number of amides is 2. The Morgan fingerprint density at radius 3 is 2.50 bits per heavy atom. The number of nitrogens with one attached hydrogen (secondary N) is 1. The first-order valence-electron chi connectivity index (χ1n) is 7.03. The largest absolute Gasteiger partial charge is 0.343 e. The summed E-state index contributed by atoms with van der Waals surface area (Å²) in [4.78, 5) is 25.2. The third-order valence-electron chi connectivity index (χ3n) is 3.17. The Morgan fingerprint density at radius 2 is 1.95 bits per heavy atom. The van der Waals surface area contributed by atoms with E-state index in [1.807, 2.05) is 13.8 Å². The van der Waals surface area contributed by atoms with Crippen LogP contribution in [0, 0.1) is 5.92 Å². The topological polar surface area (TPSA) is 83.6 Å². The summed E-state index contributed by atoms with van der Waals surface area (Å²) in [5.41, 5.74) is 0. The smallest absolute Gasteiger partial charge is 0.245 e. The standard InChI is InChI=1S/C13H24N2O4S/c1-4-6-20(18,19)7-5-15-9-12(16)14-11(13(15)17)8-10(2)3/h10-11H,4-9H2,1-3H3,(H,14,16). The van der Waals surface area contributed by atoms with E-state index in [1.165, 1.54) is 4.90 Å². The maximum atomic E-state index is 12.2. The molecule has 0 aliphatic carbocycles. The number of carbonyl (C=O) groups is 2. The number of carbonyl (C=O) groups excluding carboxylic acids is 2. The highest BCUT2D eigenvalue weighted by atomic mass is 32.2. The third kappa shape index (κ3) is 5.11. The number of sulfone groups is 1. The van der Waals surface area contributed by atoms with E-state index < -0.39 is 15.9 Å². The van der Waals surface area contributed by atoms with E-state index in [-0.39, 0.29) is 42.3 Å². The van der Waals surface area contributed by atoms with Gasteiger partial charge in [-0.1, -0.05) is 20.8 Å². The van der Waals surface area contributed by atoms with Crippen LogP contribution in [-0.2, 0) is 19.4 Å². The van der Waals surface area contributed by atoms with Gasteiger partial charge in [0.15, 0.2) is 9.84 Å². The molecule has 0 saturated carbocycles. The van der Waals surface area contributed by atoms with Crippen molar-refractivity contribution in [2.24, 2.45) is 5.92 Å². The van der Waals surface area contributed by atoms with Crippen LogP contribution in [0.25, 0.3) is 0 Å². The molecule has 0 spiro atoms. The molecule has 2 amide bonds. The van der Waals surface area contributed by atoms with Crippen molar-refractivity contribution >= 4 is 21.7 Å². The lowest BCUT2D eigenvalue weighted by molar-refractivity contribution is -0.144. The zero-order valence-electron chi connectivity index (χ0n) is 12.4. The Morgan fingerprint density at radius 1 is 1.30 bits per heavy atom. The Hall–Kier alpha value is -1.11. The minimum Gasteiger partial charge on any atom is -0.343 e. The fraction of sp³-hybridized carbons (Fsp3) is 0.846. The molecule has 0 aromatic heterocycles. The van der Waals surface area contributed by atoms with Crippen LogP contribution >= 0.6 is 0 Å². The highest BCUT2D eigenvalue weighted by Gasteiger charge is 2.33. The summed E-state index contributed by atoms with van der Waals surface area (Å²) in [6, 6.07) is -0.523. The van der Waals surface area contributed by atoms with Crippen LogP contribution in [0.1, 0.15) is 33.6 Å². The fourth-order valence-corrected chi connectivity index (χ4v) is 3.58. The summed E-state index contributed by atoms with van der Waals surface area (Å²) in [5.74, 6) is -0.0635. The van der Waals surface area contributed by atoms with Gasteiger partial charge in [0, 0.05) is 12.3 Å². The van der Waals surface area contributed by atoms with E-state index in [1.54, 1.807) is 6.92 Å². The van der Waals surface area contributed by atoms with Gasteiger partial charge in [-0.2, -0.15) is 0 Å². The van der Waals surface area contributed by atoms with Crippen LogP contribution in [-0.4, -0.2) is 55.8 Å².